The second-order valence-corrected chi connectivity index (χ2v) is 3.82. The van der Waals surface area contributed by atoms with Gasteiger partial charge in [-0.3, -0.25) is 0 Å². The molecule has 2 nitrogen and oxygen atoms in total. The van der Waals surface area contributed by atoms with Gasteiger partial charge in [-0.15, -0.1) is 0 Å². The van der Waals surface area contributed by atoms with E-state index < -0.39 is 0 Å². The molecule has 0 aromatic rings. The van der Waals surface area contributed by atoms with Gasteiger partial charge < -0.3 is 5.21 Å². The maximum atomic E-state index is 8.40. The fourth-order valence-corrected chi connectivity index (χ4v) is 1.41. The first-order valence-electron chi connectivity index (χ1n) is 5.18. The number of hydrogen-bond donors (Lipinski definition) is 1. The summed E-state index contributed by atoms with van der Waals surface area (Å²) in [4.78, 5) is 0. The summed E-state index contributed by atoms with van der Waals surface area (Å²) in [5.74, 6) is 0. The molecule has 1 aliphatic carbocycles. The van der Waals surface area contributed by atoms with E-state index in [2.05, 4.69) is 11.2 Å². The standard InChI is InChI=1S/C11H19NO/c1-10(12-13)6-4-2-3-5-7-11-8-9-11/h8,13H,2-7,9H2,1H3/b12-10+. The summed E-state index contributed by atoms with van der Waals surface area (Å²) >= 11 is 0. The maximum absolute atomic E-state index is 8.40. The molecule has 0 aromatic carbocycles. The van der Waals surface area contributed by atoms with Gasteiger partial charge in [-0.2, -0.15) is 0 Å². The Kier molecular flexibility index (Phi) is 4.58. The largest absolute Gasteiger partial charge is 0.411 e. The number of unbranched alkanes of at least 4 members (excludes halogenated alkanes) is 3. The summed E-state index contributed by atoms with van der Waals surface area (Å²) in [7, 11) is 0. The van der Waals surface area contributed by atoms with Crippen LogP contribution >= 0.6 is 0 Å². The van der Waals surface area contributed by atoms with Crippen LogP contribution in [-0.2, 0) is 0 Å². The second kappa shape index (κ2) is 5.79. The van der Waals surface area contributed by atoms with E-state index in [0.717, 1.165) is 18.6 Å². The van der Waals surface area contributed by atoms with E-state index in [9.17, 15) is 0 Å². The van der Waals surface area contributed by atoms with Crippen LogP contribution in [0.25, 0.3) is 0 Å². The molecule has 0 radical (unpaired) electrons. The van der Waals surface area contributed by atoms with Gasteiger partial charge >= 0.3 is 0 Å². The van der Waals surface area contributed by atoms with Gasteiger partial charge in [0.25, 0.3) is 0 Å². The molecular formula is C11H19NO. The Morgan fingerprint density at radius 1 is 1.38 bits per heavy atom. The number of allylic oxidation sites excluding steroid dienone is 2. The molecule has 0 bridgehead atoms. The molecular weight excluding hydrogens is 162 g/mol. The summed E-state index contributed by atoms with van der Waals surface area (Å²) in [5, 5.41) is 11.6. The Morgan fingerprint density at radius 3 is 2.69 bits per heavy atom. The van der Waals surface area contributed by atoms with Crippen LogP contribution in [0.1, 0.15) is 51.9 Å². The Bertz CT molecular complexity index is 206. The van der Waals surface area contributed by atoms with Crippen LogP contribution in [0.15, 0.2) is 16.8 Å². The van der Waals surface area contributed by atoms with Crippen LogP contribution in [0.2, 0.25) is 0 Å². The van der Waals surface area contributed by atoms with Gasteiger partial charge in [-0.1, -0.05) is 29.6 Å². The molecule has 0 saturated carbocycles. The van der Waals surface area contributed by atoms with Gasteiger partial charge in [0.1, 0.15) is 0 Å². The molecule has 0 spiro atoms. The highest BCUT2D eigenvalue weighted by Crippen LogP contribution is 2.24. The Balaban J connectivity index is 1.80. The molecule has 0 unspecified atom stereocenters. The van der Waals surface area contributed by atoms with Gasteiger partial charge in [-0.25, -0.2) is 0 Å². The molecule has 13 heavy (non-hydrogen) atoms. The predicted molar refractivity (Wildman–Crippen MR) is 55.3 cm³/mol. The summed E-state index contributed by atoms with van der Waals surface area (Å²) in [6, 6.07) is 0. The molecule has 0 saturated heterocycles. The molecule has 0 amide bonds. The molecule has 74 valence electrons. The summed E-state index contributed by atoms with van der Waals surface area (Å²) in [5.41, 5.74) is 2.50. The fraction of sp³-hybridized carbons (Fsp3) is 0.727. The lowest BCUT2D eigenvalue weighted by Crippen LogP contribution is -1.90. The zero-order valence-corrected chi connectivity index (χ0v) is 8.42. The molecule has 0 atom stereocenters. The first-order chi connectivity index (χ1) is 6.33. The van der Waals surface area contributed by atoms with E-state index in [4.69, 9.17) is 5.21 Å². The molecule has 0 aromatic heterocycles. The SMILES string of the molecule is C/C(CCCCCCC1=CC1)=N\O. The second-order valence-electron chi connectivity index (χ2n) is 3.82. The van der Waals surface area contributed by atoms with E-state index in [1.54, 1.807) is 5.57 Å². The minimum atomic E-state index is 0.852. The molecule has 0 aliphatic heterocycles. The van der Waals surface area contributed by atoms with Crippen molar-refractivity contribution in [1.82, 2.24) is 0 Å². The van der Waals surface area contributed by atoms with Gasteiger partial charge in [0.15, 0.2) is 0 Å². The lowest BCUT2D eigenvalue weighted by molar-refractivity contribution is 0.317. The lowest BCUT2D eigenvalue weighted by atomic mass is 10.1. The van der Waals surface area contributed by atoms with E-state index in [0.29, 0.717) is 0 Å². The van der Waals surface area contributed by atoms with Crippen molar-refractivity contribution in [1.29, 1.82) is 0 Å². The monoisotopic (exact) mass is 181 g/mol. The van der Waals surface area contributed by atoms with Crippen molar-refractivity contribution in [2.45, 2.75) is 51.9 Å². The minimum Gasteiger partial charge on any atom is -0.411 e. The van der Waals surface area contributed by atoms with Gasteiger partial charge in [0.05, 0.1) is 5.71 Å². The Hall–Kier alpha value is -0.790. The van der Waals surface area contributed by atoms with E-state index in [-0.39, 0.29) is 0 Å². The highest BCUT2D eigenvalue weighted by Gasteiger charge is 2.05. The van der Waals surface area contributed by atoms with Crippen LogP contribution in [-0.4, -0.2) is 10.9 Å². The van der Waals surface area contributed by atoms with Gasteiger partial charge in [0, 0.05) is 0 Å². The summed E-state index contributed by atoms with van der Waals surface area (Å²) in [6.45, 7) is 1.87. The third-order valence-electron chi connectivity index (χ3n) is 2.45. The normalized spacial score (nSPS) is 15.8. The third kappa shape index (κ3) is 5.45. The topological polar surface area (TPSA) is 32.6 Å². The van der Waals surface area contributed by atoms with Crippen molar-refractivity contribution in [2.24, 2.45) is 5.16 Å². The van der Waals surface area contributed by atoms with Crippen LogP contribution in [0.3, 0.4) is 0 Å². The van der Waals surface area contributed by atoms with Crippen molar-refractivity contribution in [3.05, 3.63) is 11.6 Å². The average Bonchev–Trinajstić information content (AvgIpc) is 2.94. The van der Waals surface area contributed by atoms with Crippen molar-refractivity contribution < 1.29 is 5.21 Å². The first-order valence-corrected chi connectivity index (χ1v) is 5.18. The van der Waals surface area contributed by atoms with Crippen LogP contribution in [0.5, 0.6) is 0 Å². The first kappa shape index (κ1) is 10.3. The smallest absolute Gasteiger partial charge is 0.0540 e. The minimum absolute atomic E-state index is 0.852. The predicted octanol–water partition coefficient (Wildman–Crippen LogP) is 3.51. The van der Waals surface area contributed by atoms with E-state index in [1.807, 2.05) is 6.92 Å². The van der Waals surface area contributed by atoms with Crippen LogP contribution in [0, 0.1) is 0 Å². The maximum Gasteiger partial charge on any atom is 0.0540 e. The highest BCUT2D eigenvalue weighted by atomic mass is 16.4. The number of oxime groups is 1. The number of nitrogens with zero attached hydrogens (tertiary/aromatic N) is 1. The summed E-state index contributed by atoms with van der Waals surface area (Å²) < 4.78 is 0. The van der Waals surface area contributed by atoms with Crippen molar-refractivity contribution in [2.75, 3.05) is 0 Å². The van der Waals surface area contributed by atoms with Crippen molar-refractivity contribution >= 4 is 5.71 Å². The summed E-state index contributed by atoms with van der Waals surface area (Å²) in [6.07, 6.45) is 10.9. The van der Waals surface area contributed by atoms with Gasteiger partial charge in [0.2, 0.25) is 0 Å². The molecule has 1 aliphatic rings. The molecule has 0 fully saturated rings. The molecule has 0 heterocycles. The van der Waals surface area contributed by atoms with Crippen molar-refractivity contribution in [3.8, 4) is 0 Å². The average molecular weight is 181 g/mol. The van der Waals surface area contributed by atoms with Crippen molar-refractivity contribution in [3.63, 3.8) is 0 Å². The zero-order valence-electron chi connectivity index (χ0n) is 8.42. The van der Waals surface area contributed by atoms with Gasteiger partial charge in [-0.05, 0) is 39.0 Å². The van der Waals surface area contributed by atoms with E-state index >= 15 is 0 Å². The van der Waals surface area contributed by atoms with Crippen LogP contribution in [0.4, 0.5) is 0 Å². The fourth-order valence-electron chi connectivity index (χ4n) is 1.41. The number of hydrogen-bond acceptors (Lipinski definition) is 2. The lowest BCUT2D eigenvalue weighted by Gasteiger charge is -1.99. The Labute approximate surface area is 80.3 Å². The molecule has 1 rings (SSSR count). The quantitative estimate of drug-likeness (QED) is 0.210. The zero-order chi connectivity index (χ0) is 9.52. The third-order valence-corrected chi connectivity index (χ3v) is 2.45. The van der Waals surface area contributed by atoms with Crippen LogP contribution < -0.4 is 0 Å². The highest BCUT2D eigenvalue weighted by molar-refractivity contribution is 5.81. The molecule has 1 N–H and O–H groups in total. The molecule has 2 heteroatoms. The van der Waals surface area contributed by atoms with E-state index in [1.165, 1.54) is 32.1 Å². The Morgan fingerprint density at radius 2 is 2.08 bits per heavy atom. The number of rotatable bonds is 7.